The van der Waals surface area contributed by atoms with Crippen LogP contribution in [0, 0.1) is 20.8 Å². The van der Waals surface area contributed by atoms with E-state index in [1.807, 2.05) is 13.8 Å². The smallest absolute Gasteiger partial charge is 0.331 e. The number of hydrogen-bond acceptors (Lipinski definition) is 5. The molecule has 0 unspecified atom stereocenters. The lowest BCUT2D eigenvalue weighted by Crippen LogP contribution is -2.27. The van der Waals surface area contributed by atoms with E-state index in [9.17, 15) is 9.59 Å². The minimum atomic E-state index is -0.534. The van der Waals surface area contributed by atoms with Gasteiger partial charge in [0.2, 0.25) is 0 Å². The summed E-state index contributed by atoms with van der Waals surface area (Å²) in [7, 11) is 0. The van der Waals surface area contributed by atoms with Gasteiger partial charge in [0.1, 0.15) is 17.1 Å². The van der Waals surface area contributed by atoms with Crippen LogP contribution in [0.5, 0.6) is 5.75 Å². The lowest BCUT2D eigenvalue weighted by Gasteiger charge is -2.09. The van der Waals surface area contributed by atoms with E-state index in [4.69, 9.17) is 16.3 Å². The Morgan fingerprint density at radius 3 is 2.79 bits per heavy atom. The molecule has 0 aliphatic heterocycles. The molecule has 3 aromatic rings. The molecule has 0 atom stereocenters. The van der Waals surface area contributed by atoms with Crippen LogP contribution < -0.4 is 10.3 Å². The Bertz CT molecular complexity index is 1010. The van der Waals surface area contributed by atoms with Crippen LogP contribution in [0.25, 0.3) is 10.2 Å². The van der Waals surface area contributed by atoms with Gasteiger partial charge in [0, 0.05) is 9.90 Å². The van der Waals surface area contributed by atoms with Gasteiger partial charge in [-0.15, -0.1) is 11.3 Å². The molecule has 0 amide bonds. The van der Waals surface area contributed by atoms with Crippen molar-refractivity contribution in [2.75, 3.05) is 0 Å². The molecule has 0 radical (unpaired) electrons. The van der Waals surface area contributed by atoms with Crippen molar-refractivity contribution >= 4 is 39.1 Å². The van der Waals surface area contributed by atoms with Gasteiger partial charge in [0.05, 0.1) is 11.7 Å². The molecule has 0 fully saturated rings. The summed E-state index contributed by atoms with van der Waals surface area (Å²) < 4.78 is 6.60. The van der Waals surface area contributed by atoms with Crippen LogP contribution >= 0.6 is 22.9 Å². The topological polar surface area (TPSA) is 61.2 Å². The fourth-order valence-electron chi connectivity index (χ4n) is 2.40. The van der Waals surface area contributed by atoms with E-state index in [0.717, 1.165) is 16.0 Å². The van der Waals surface area contributed by atoms with E-state index in [0.29, 0.717) is 21.0 Å². The number of nitrogens with zero attached hydrogens (tertiary/aromatic N) is 2. The lowest BCUT2D eigenvalue weighted by molar-refractivity contribution is -0.135. The van der Waals surface area contributed by atoms with Gasteiger partial charge < -0.3 is 4.74 Å². The van der Waals surface area contributed by atoms with E-state index < -0.39 is 5.97 Å². The second-order valence-corrected chi connectivity index (χ2v) is 7.16. The third kappa shape index (κ3) is 3.07. The van der Waals surface area contributed by atoms with Gasteiger partial charge in [-0.25, -0.2) is 9.78 Å². The zero-order chi connectivity index (χ0) is 17.4. The molecule has 1 aromatic carbocycles. The molecule has 0 saturated carbocycles. The number of benzene rings is 1. The largest absolute Gasteiger partial charge is 0.425 e. The van der Waals surface area contributed by atoms with Crippen LogP contribution in [0.1, 0.15) is 16.0 Å². The van der Waals surface area contributed by atoms with Gasteiger partial charge in [-0.2, -0.15) is 0 Å². The molecule has 0 bridgehead atoms. The van der Waals surface area contributed by atoms with E-state index in [1.165, 1.54) is 22.2 Å². The second-order valence-electron chi connectivity index (χ2n) is 5.52. The number of fused-ring (bicyclic) bond motifs is 1. The number of carbonyl (C=O) groups excluding carboxylic acids is 1. The van der Waals surface area contributed by atoms with Gasteiger partial charge in [0.25, 0.3) is 5.56 Å². The van der Waals surface area contributed by atoms with Gasteiger partial charge >= 0.3 is 5.97 Å². The lowest BCUT2D eigenvalue weighted by atomic mass is 10.2. The Hall–Kier alpha value is -2.18. The molecule has 5 nitrogen and oxygen atoms in total. The van der Waals surface area contributed by atoms with Crippen molar-refractivity contribution in [3.05, 3.63) is 55.9 Å². The molecule has 0 saturated heterocycles. The molecule has 24 heavy (non-hydrogen) atoms. The fraction of sp³-hybridized carbons (Fsp3) is 0.235. The molecular weight excluding hydrogens is 348 g/mol. The maximum absolute atomic E-state index is 12.6. The first-order chi connectivity index (χ1) is 11.4. The van der Waals surface area contributed by atoms with Crippen LogP contribution in [-0.4, -0.2) is 15.5 Å². The third-order valence-electron chi connectivity index (χ3n) is 3.82. The van der Waals surface area contributed by atoms with Crippen molar-refractivity contribution in [2.24, 2.45) is 0 Å². The van der Waals surface area contributed by atoms with Gasteiger partial charge in [-0.1, -0.05) is 11.6 Å². The van der Waals surface area contributed by atoms with Crippen LogP contribution in [0.15, 0.2) is 29.3 Å². The van der Waals surface area contributed by atoms with E-state index in [1.54, 1.807) is 25.1 Å². The maximum atomic E-state index is 12.6. The minimum Gasteiger partial charge on any atom is -0.425 e. The number of esters is 1. The highest BCUT2D eigenvalue weighted by Crippen LogP contribution is 2.25. The number of halogens is 1. The molecule has 0 spiro atoms. The fourth-order valence-corrected chi connectivity index (χ4v) is 3.62. The molecule has 124 valence electrons. The van der Waals surface area contributed by atoms with Crippen molar-refractivity contribution in [2.45, 2.75) is 27.3 Å². The Morgan fingerprint density at radius 1 is 1.33 bits per heavy atom. The maximum Gasteiger partial charge on any atom is 0.331 e. The molecular formula is C17H15ClN2O3S. The number of thiophene rings is 1. The van der Waals surface area contributed by atoms with Gasteiger partial charge in [-0.3, -0.25) is 9.36 Å². The molecule has 2 aromatic heterocycles. The van der Waals surface area contributed by atoms with Crippen LogP contribution in [0.2, 0.25) is 5.02 Å². The molecule has 7 heteroatoms. The van der Waals surface area contributed by atoms with E-state index in [2.05, 4.69) is 4.98 Å². The Balaban J connectivity index is 1.87. The highest BCUT2D eigenvalue weighted by atomic mass is 35.5. The molecule has 0 aliphatic carbocycles. The number of hydrogen-bond donors (Lipinski definition) is 0. The number of aromatic nitrogens is 2. The minimum absolute atomic E-state index is 0.196. The van der Waals surface area contributed by atoms with Crippen LogP contribution in [-0.2, 0) is 11.3 Å². The summed E-state index contributed by atoms with van der Waals surface area (Å²) in [5.41, 5.74) is 1.43. The average Bonchev–Trinajstić information content (AvgIpc) is 2.81. The average molecular weight is 363 g/mol. The summed E-state index contributed by atoms with van der Waals surface area (Å²) in [4.78, 5) is 30.7. The van der Waals surface area contributed by atoms with Gasteiger partial charge in [-0.05, 0) is 50.1 Å². The summed E-state index contributed by atoms with van der Waals surface area (Å²) >= 11 is 7.36. The van der Waals surface area contributed by atoms with Crippen LogP contribution in [0.4, 0.5) is 0 Å². The van der Waals surface area contributed by atoms with Crippen LogP contribution in [0.3, 0.4) is 0 Å². The highest BCUT2D eigenvalue weighted by molar-refractivity contribution is 7.18. The highest BCUT2D eigenvalue weighted by Gasteiger charge is 2.15. The first-order valence-electron chi connectivity index (χ1n) is 7.29. The summed E-state index contributed by atoms with van der Waals surface area (Å²) in [6.07, 6.45) is 1.38. The predicted octanol–water partition coefficient (Wildman–Crippen LogP) is 3.64. The zero-order valence-corrected chi connectivity index (χ0v) is 15.0. The third-order valence-corrected chi connectivity index (χ3v) is 5.17. The number of aryl methyl sites for hydroxylation is 3. The summed E-state index contributed by atoms with van der Waals surface area (Å²) in [5.74, 6) is -0.109. The summed E-state index contributed by atoms with van der Waals surface area (Å²) in [5, 5.41) is 1.14. The van der Waals surface area contributed by atoms with E-state index >= 15 is 0 Å². The normalized spacial score (nSPS) is 11.0. The Labute approximate surface area is 147 Å². The van der Waals surface area contributed by atoms with Crippen molar-refractivity contribution in [1.82, 2.24) is 9.55 Å². The molecule has 2 heterocycles. The molecule has 0 aliphatic rings. The standard InChI is InChI=1S/C17H15ClN2O3S/c1-9-6-12(18)4-5-13(9)23-14(21)7-20-8-19-16-15(17(20)22)10(2)11(3)24-16/h4-6,8H,7H2,1-3H3. The van der Waals surface area contributed by atoms with E-state index in [-0.39, 0.29) is 12.1 Å². The monoisotopic (exact) mass is 362 g/mol. The van der Waals surface area contributed by atoms with Crippen molar-refractivity contribution in [3.8, 4) is 5.75 Å². The number of ether oxygens (including phenoxy) is 1. The SMILES string of the molecule is Cc1cc(Cl)ccc1OC(=O)Cn1cnc2sc(C)c(C)c2c1=O. The Morgan fingerprint density at radius 2 is 2.08 bits per heavy atom. The van der Waals surface area contributed by atoms with Gasteiger partial charge in [0.15, 0.2) is 0 Å². The Kier molecular flexibility index (Phi) is 4.43. The zero-order valence-electron chi connectivity index (χ0n) is 13.4. The van der Waals surface area contributed by atoms with Crippen molar-refractivity contribution in [3.63, 3.8) is 0 Å². The first-order valence-corrected chi connectivity index (χ1v) is 8.48. The molecule has 3 rings (SSSR count). The number of rotatable bonds is 3. The predicted molar refractivity (Wildman–Crippen MR) is 95.2 cm³/mol. The summed E-state index contributed by atoms with van der Waals surface area (Å²) in [6, 6.07) is 4.99. The van der Waals surface area contributed by atoms with Crippen molar-refractivity contribution < 1.29 is 9.53 Å². The summed E-state index contributed by atoms with van der Waals surface area (Å²) in [6.45, 7) is 5.43. The second kappa shape index (κ2) is 6.37. The van der Waals surface area contributed by atoms with Crippen molar-refractivity contribution in [1.29, 1.82) is 0 Å². The number of carbonyl (C=O) groups is 1. The molecule has 0 N–H and O–H groups in total. The quantitative estimate of drug-likeness (QED) is 0.527. The first kappa shape index (κ1) is 16.7.